The number of sulfonamides is 1. The normalized spacial score (nSPS) is 18.0. The molecule has 0 aliphatic carbocycles. The van der Waals surface area contributed by atoms with Crippen molar-refractivity contribution in [2.45, 2.75) is 37.3 Å². The van der Waals surface area contributed by atoms with Gasteiger partial charge >= 0.3 is 5.97 Å². The molecule has 0 radical (unpaired) electrons. The van der Waals surface area contributed by atoms with Crippen molar-refractivity contribution in [3.63, 3.8) is 0 Å². The van der Waals surface area contributed by atoms with Crippen molar-refractivity contribution in [1.29, 1.82) is 0 Å². The van der Waals surface area contributed by atoms with E-state index in [1.165, 1.54) is 28.6 Å². The molecule has 2 aromatic carbocycles. The van der Waals surface area contributed by atoms with Crippen LogP contribution < -0.4 is 0 Å². The number of nitrogens with zero attached hydrogens (tertiary/aromatic N) is 1. The first-order valence-electron chi connectivity index (χ1n) is 8.37. The standard InChI is InChI=1S/C19H20ClNO4S/c1-14-4-2-5-15(12-14)13-25-19(22)18-6-3-11-21(18)26(23,24)17-9-7-16(20)8-10-17/h2,4-5,7-10,12,18H,3,6,11,13H2,1H3/t18-/m0/s1. The summed E-state index contributed by atoms with van der Waals surface area (Å²) in [6.07, 6.45) is 1.08. The van der Waals surface area contributed by atoms with Crippen LogP contribution in [-0.2, 0) is 26.2 Å². The smallest absolute Gasteiger partial charge is 0.324 e. The van der Waals surface area contributed by atoms with Crippen LogP contribution in [0.1, 0.15) is 24.0 Å². The molecule has 138 valence electrons. The van der Waals surface area contributed by atoms with E-state index in [2.05, 4.69) is 0 Å². The van der Waals surface area contributed by atoms with Crippen molar-refractivity contribution in [3.8, 4) is 0 Å². The van der Waals surface area contributed by atoms with Gasteiger partial charge in [-0.2, -0.15) is 4.31 Å². The second kappa shape index (κ2) is 7.78. The number of hydrogen-bond donors (Lipinski definition) is 0. The largest absolute Gasteiger partial charge is 0.460 e. The Bertz CT molecular complexity index is 896. The highest BCUT2D eigenvalue weighted by molar-refractivity contribution is 7.89. The monoisotopic (exact) mass is 393 g/mol. The van der Waals surface area contributed by atoms with Gasteiger partial charge in [-0.15, -0.1) is 0 Å². The number of halogens is 1. The van der Waals surface area contributed by atoms with Gasteiger partial charge in [0.2, 0.25) is 10.0 Å². The molecule has 0 unspecified atom stereocenters. The number of hydrogen-bond acceptors (Lipinski definition) is 4. The van der Waals surface area contributed by atoms with Gasteiger partial charge in [-0.05, 0) is 49.6 Å². The summed E-state index contributed by atoms with van der Waals surface area (Å²) in [5.41, 5.74) is 1.95. The molecule has 0 saturated carbocycles. The average molecular weight is 394 g/mol. The summed E-state index contributed by atoms with van der Waals surface area (Å²) in [6, 6.07) is 12.8. The van der Waals surface area contributed by atoms with E-state index >= 15 is 0 Å². The highest BCUT2D eigenvalue weighted by atomic mass is 35.5. The zero-order chi connectivity index (χ0) is 18.7. The zero-order valence-electron chi connectivity index (χ0n) is 14.4. The molecule has 1 aliphatic heterocycles. The van der Waals surface area contributed by atoms with Crippen LogP contribution in [0.5, 0.6) is 0 Å². The third-order valence-electron chi connectivity index (χ3n) is 4.36. The van der Waals surface area contributed by atoms with E-state index in [-0.39, 0.29) is 11.5 Å². The third kappa shape index (κ3) is 4.09. The number of rotatable bonds is 5. The van der Waals surface area contributed by atoms with E-state index in [1.807, 2.05) is 31.2 Å². The van der Waals surface area contributed by atoms with E-state index in [0.717, 1.165) is 11.1 Å². The van der Waals surface area contributed by atoms with E-state index < -0.39 is 22.0 Å². The fraction of sp³-hybridized carbons (Fsp3) is 0.316. The fourth-order valence-corrected chi connectivity index (χ4v) is 4.83. The highest BCUT2D eigenvalue weighted by Crippen LogP contribution is 2.27. The molecule has 0 amide bonds. The van der Waals surface area contributed by atoms with Crippen LogP contribution in [0.3, 0.4) is 0 Å². The molecule has 0 N–H and O–H groups in total. The van der Waals surface area contributed by atoms with Crippen molar-refractivity contribution in [3.05, 3.63) is 64.7 Å². The van der Waals surface area contributed by atoms with Crippen LogP contribution in [0.25, 0.3) is 0 Å². The molecule has 1 aliphatic rings. The summed E-state index contributed by atoms with van der Waals surface area (Å²) in [5, 5.41) is 0.458. The van der Waals surface area contributed by atoms with E-state index in [9.17, 15) is 13.2 Å². The summed E-state index contributed by atoms with van der Waals surface area (Å²) >= 11 is 5.83. The van der Waals surface area contributed by atoms with Crippen molar-refractivity contribution in [1.82, 2.24) is 4.31 Å². The predicted molar refractivity (Wildman–Crippen MR) is 99.3 cm³/mol. The van der Waals surface area contributed by atoms with Crippen LogP contribution in [0.2, 0.25) is 5.02 Å². The van der Waals surface area contributed by atoms with Gasteiger partial charge < -0.3 is 4.74 Å². The molecular weight excluding hydrogens is 374 g/mol. The molecule has 1 atom stereocenters. The lowest BCUT2D eigenvalue weighted by atomic mass is 10.1. The fourth-order valence-electron chi connectivity index (χ4n) is 3.06. The van der Waals surface area contributed by atoms with Crippen LogP contribution in [0.15, 0.2) is 53.4 Å². The molecule has 3 rings (SSSR count). The maximum Gasteiger partial charge on any atom is 0.324 e. The van der Waals surface area contributed by atoms with Gasteiger partial charge in [0.25, 0.3) is 0 Å². The second-order valence-corrected chi connectivity index (χ2v) is 8.65. The molecule has 1 saturated heterocycles. The van der Waals surface area contributed by atoms with E-state index in [4.69, 9.17) is 16.3 Å². The van der Waals surface area contributed by atoms with Gasteiger partial charge in [0, 0.05) is 11.6 Å². The van der Waals surface area contributed by atoms with Crippen LogP contribution in [0.4, 0.5) is 0 Å². The van der Waals surface area contributed by atoms with Gasteiger partial charge in [0.15, 0.2) is 0 Å². The maximum atomic E-state index is 12.9. The highest BCUT2D eigenvalue weighted by Gasteiger charge is 2.40. The molecule has 26 heavy (non-hydrogen) atoms. The second-order valence-electron chi connectivity index (χ2n) is 6.32. The van der Waals surface area contributed by atoms with Gasteiger partial charge in [-0.3, -0.25) is 4.79 Å². The van der Waals surface area contributed by atoms with Gasteiger partial charge in [-0.1, -0.05) is 41.4 Å². The zero-order valence-corrected chi connectivity index (χ0v) is 16.0. The maximum absolute atomic E-state index is 12.9. The Morgan fingerprint density at radius 1 is 1.23 bits per heavy atom. The van der Waals surface area contributed by atoms with E-state index in [0.29, 0.717) is 24.4 Å². The molecule has 5 nitrogen and oxygen atoms in total. The first-order chi connectivity index (χ1) is 12.4. The number of esters is 1. The van der Waals surface area contributed by atoms with Crippen molar-refractivity contribution in [2.24, 2.45) is 0 Å². The number of ether oxygens (including phenoxy) is 1. The molecule has 2 aromatic rings. The molecule has 1 fully saturated rings. The lowest BCUT2D eigenvalue weighted by Gasteiger charge is -2.22. The van der Waals surface area contributed by atoms with E-state index in [1.54, 1.807) is 0 Å². The van der Waals surface area contributed by atoms with Crippen molar-refractivity contribution < 1.29 is 17.9 Å². The molecule has 0 spiro atoms. The Morgan fingerprint density at radius 3 is 2.65 bits per heavy atom. The molecule has 7 heteroatoms. The third-order valence-corrected chi connectivity index (χ3v) is 6.53. The van der Waals surface area contributed by atoms with Crippen molar-refractivity contribution in [2.75, 3.05) is 6.54 Å². The molecule has 0 bridgehead atoms. The number of carbonyl (C=O) groups is 1. The predicted octanol–water partition coefficient (Wildman–Crippen LogP) is 3.54. The Hall–Kier alpha value is -1.89. The first kappa shape index (κ1) is 18.9. The Morgan fingerprint density at radius 2 is 1.96 bits per heavy atom. The first-order valence-corrected chi connectivity index (χ1v) is 10.2. The quantitative estimate of drug-likeness (QED) is 0.729. The summed E-state index contributed by atoms with van der Waals surface area (Å²) in [5.74, 6) is -0.512. The Kier molecular flexibility index (Phi) is 5.65. The summed E-state index contributed by atoms with van der Waals surface area (Å²) in [7, 11) is -3.77. The molecular formula is C19H20ClNO4S. The number of benzene rings is 2. The SMILES string of the molecule is Cc1cccc(COC(=O)[C@@H]2CCCN2S(=O)(=O)c2ccc(Cl)cc2)c1. The molecule has 1 heterocycles. The lowest BCUT2D eigenvalue weighted by Crippen LogP contribution is -2.41. The summed E-state index contributed by atoms with van der Waals surface area (Å²) in [6.45, 7) is 2.39. The van der Waals surface area contributed by atoms with Gasteiger partial charge in [0.05, 0.1) is 4.90 Å². The van der Waals surface area contributed by atoms with Crippen LogP contribution in [-0.4, -0.2) is 31.3 Å². The number of aryl methyl sites for hydroxylation is 1. The minimum Gasteiger partial charge on any atom is -0.460 e. The summed E-state index contributed by atoms with van der Waals surface area (Å²) < 4.78 is 32.3. The minimum absolute atomic E-state index is 0.125. The Balaban J connectivity index is 1.72. The minimum atomic E-state index is -3.77. The van der Waals surface area contributed by atoms with Gasteiger partial charge in [0.1, 0.15) is 12.6 Å². The van der Waals surface area contributed by atoms with Crippen LogP contribution in [0, 0.1) is 6.92 Å². The van der Waals surface area contributed by atoms with Gasteiger partial charge in [-0.25, -0.2) is 8.42 Å². The molecule has 0 aromatic heterocycles. The number of carbonyl (C=O) groups excluding carboxylic acids is 1. The summed E-state index contributed by atoms with van der Waals surface area (Å²) in [4.78, 5) is 12.6. The van der Waals surface area contributed by atoms with Crippen LogP contribution >= 0.6 is 11.6 Å². The topological polar surface area (TPSA) is 63.7 Å². The lowest BCUT2D eigenvalue weighted by molar-refractivity contribution is -0.148. The Labute approximate surface area is 158 Å². The van der Waals surface area contributed by atoms with Crippen molar-refractivity contribution >= 4 is 27.6 Å². The average Bonchev–Trinajstić information content (AvgIpc) is 3.11.